The molecule has 0 saturated carbocycles. The normalized spacial score (nSPS) is 16.4. The lowest BCUT2D eigenvalue weighted by Gasteiger charge is -2.46. The summed E-state index contributed by atoms with van der Waals surface area (Å²) in [6.45, 7) is 41.7. The number of para-hydroxylation sites is 4. The molecule has 2 atom stereocenters. The third-order valence-corrected chi connectivity index (χ3v) is 30.9. The number of nitrogens with zero attached hydrogens (tertiary/aromatic N) is 4. The van der Waals surface area contributed by atoms with E-state index in [0.717, 1.165) is 130 Å². The van der Waals surface area contributed by atoms with E-state index in [2.05, 4.69) is 502 Å². The lowest BCUT2D eigenvalue weighted by molar-refractivity contribution is 0.293. The Morgan fingerprint density at radius 3 is 1.31 bits per heavy atom. The van der Waals surface area contributed by atoms with Gasteiger partial charge < -0.3 is 19.6 Å². The van der Waals surface area contributed by atoms with Gasteiger partial charge in [-0.2, -0.15) is 0 Å². The Bertz CT molecular complexity index is 7550. The zero-order chi connectivity index (χ0) is 96.2. The molecule has 5 aliphatic carbocycles. The summed E-state index contributed by atoms with van der Waals surface area (Å²) in [6, 6.07) is 112. The van der Waals surface area contributed by atoms with E-state index in [1.807, 2.05) is 0 Å². The quantitative estimate of drug-likeness (QED) is 0.0843. The first-order valence-corrected chi connectivity index (χ1v) is 50.9. The molecule has 0 saturated heterocycles. The van der Waals surface area contributed by atoms with Gasteiger partial charge in [0.2, 0.25) is 0 Å². The summed E-state index contributed by atoms with van der Waals surface area (Å²) in [5, 5.41) is 2.38. The first kappa shape index (κ1) is 91.4. The molecule has 14 aromatic rings. The fourth-order valence-corrected chi connectivity index (χ4v) is 23.6. The second-order valence-corrected chi connectivity index (χ2v) is 44.6. The summed E-state index contributed by atoms with van der Waals surface area (Å²) in [6.07, 6.45) is 37.1. The lowest BCUT2D eigenvalue weighted by Crippen LogP contribution is -2.61. The van der Waals surface area contributed by atoms with Gasteiger partial charge in [0, 0.05) is 73.7 Å². The predicted octanol–water partition coefficient (Wildman–Crippen LogP) is 36.1. The molecule has 4 nitrogen and oxygen atoms in total. The highest BCUT2D eigenvalue weighted by Gasteiger charge is 2.47. The van der Waals surface area contributed by atoms with Gasteiger partial charge in [-0.25, -0.2) is 0 Å². The van der Waals surface area contributed by atoms with Crippen LogP contribution in [0.15, 0.2) is 380 Å². The van der Waals surface area contributed by atoms with E-state index in [9.17, 15) is 0 Å². The number of hydrogen-bond donors (Lipinski definition) is 0. The Hall–Kier alpha value is -14.0. The van der Waals surface area contributed by atoms with Crippen LogP contribution >= 0.6 is 0 Å². The SMILES string of the molecule is Cc1cc(C)c(N(c2ccccc2)c2ccc3c(c2)N(c2c(C4=CC(C5=CCC(C(C)(C)C)C=C5)=CCC4)cccc2-c2cccc(C4=CC=C(C(C)(C)C)CC4)c2)c2cc(-c4cccc5ccccc45)cc4c2B3c2ccc(N(c3ccccc3)c3c(C)cc(C)cc3C)cc2N4c2c(C3=CC=CC(c4ccc(C(C)(C)C)cc4)C3)cccc2-c2cccc(C3=CC=C(C(C)(C)C)CC3)c2)c(C)c1. The van der Waals surface area contributed by atoms with Crippen molar-refractivity contribution in [2.45, 2.75) is 187 Å². The number of aryl methyl sites for hydroxylation is 6. The van der Waals surface area contributed by atoms with Gasteiger partial charge in [-0.15, -0.1) is 0 Å². The molecule has 2 unspecified atom stereocenters. The molecule has 2 heterocycles. The Morgan fingerprint density at radius 2 is 0.820 bits per heavy atom. The molecule has 21 rings (SSSR count). The van der Waals surface area contributed by atoms with Gasteiger partial charge in [-0.05, 0) is 321 Å². The third-order valence-electron chi connectivity index (χ3n) is 30.9. The van der Waals surface area contributed by atoms with E-state index >= 15 is 0 Å². The molecule has 139 heavy (non-hydrogen) atoms. The second kappa shape index (κ2) is 36.4. The number of hydrogen-bond acceptors (Lipinski definition) is 4. The molecule has 7 aliphatic rings. The first-order valence-electron chi connectivity index (χ1n) is 50.9. The van der Waals surface area contributed by atoms with E-state index in [1.54, 1.807) is 0 Å². The Labute approximate surface area is 828 Å². The lowest BCUT2D eigenvalue weighted by atomic mass is 9.33. The van der Waals surface area contributed by atoms with E-state index in [1.165, 1.54) is 161 Å². The van der Waals surface area contributed by atoms with Crippen molar-refractivity contribution in [2.75, 3.05) is 19.6 Å². The molecule has 2 aliphatic heterocycles. The maximum atomic E-state index is 2.83. The van der Waals surface area contributed by atoms with Crippen molar-refractivity contribution in [1.82, 2.24) is 0 Å². The van der Waals surface area contributed by atoms with Gasteiger partial charge in [-0.3, -0.25) is 0 Å². The Balaban J connectivity index is 0.921. The third kappa shape index (κ3) is 17.5. The zero-order valence-corrected chi connectivity index (χ0v) is 84.7. The smallest absolute Gasteiger partial charge is 0.252 e. The van der Waals surface area contributed by atoms with E-state index in [0.29, 0.717) is 5.92 Å². The number of fused-ring (bicyclic) bond motifs is 5. The molecule has 0 N–H and O–H groups in total. The molecule has 0 radical (unpaired) electrons. The number of anilines is 12. The second-order valence-electron chi connectivity index (χ2n) is 44.6. The standard InChI is InChI=1S/C134H131BN4/c1-86-74-88(3)127(89(4)75-86)136(110-44-21-19-22-45-110)112-70-72-120-122(84-112)138(129-116(101-40-27-36-97(78-101)92-54-62-106(63-55-92)131(7,8)9)50-32-51-117(129)102-41-28-37-98(79-102)93-56-64-107(65-57-93)132(10,11)12)124-82-105(115-49-31-35-96-34-25-26-48-114(96)115)83-125-126(124)135(120)121-73-71-113(137(111-46-23-20-24-47-111)128-90(5)76-87(2)77-91(128)6)85-123(121)139(125)130-118(103-42-29-38-99(80-103)94-58-66-108(67-59-94)133(13,14)15)52-33-53-119(130)104-43-30-39-100(81-104)95-60-68-109(69-61-95)134(16,17)18/h19-29,31-42,44-56,58,60-64,66,68,70-77,79-85,97,109H,30,43,57,59,65,67,69,78H2,1-18H3. The summed E-state index contributed by atoms with van der Waals surface area (Å²) in [5.41, 5.74) is 50.2. The maximum Gasteiger partial charge on any atom is 0.252 e. The van der Waals surface area contributed by atoms with Gasteiger partial charge in [0.05, 0.1) is 22.7 Å². The summed E-state index contributed by atoms with van der Waals surface area (Å²) in [7, 11) is 0. The van der Waals surface area contributed by atoms with E-state index in [4.69, 9.17) is 0 Å². The Kier molecular flexibility index (Phi) is 23.9. The van der Waals surface area contributed by atoms with Gasteiger partial charge >= 0.3 is 0 Å². The van der Waals surface area contributed by atoms with E-state index in [-0.39, 0.29) is 34.3 Å². The van der Waals surface area contributed by atoms with Crippen molar-refractivity contribution in [3.05, 3.63) is 447 Å². The van der Waals surface area contributed by atoms with Gasteiger partial charge in [-0.1, -0.05) is 391 Å². The molecule has 0 spiro atoms. The van der Waals surface area contributed by atoms with Crippen LogP contribution in [0.3, 0.4) is 0 Å². The van der Waals surface area contributed by atoms with Crippen LogP contribution in [0.2, 0.25) is 0 Å². The summed E-state index contributed by atoms with van der Waals surface area (Å²) < 4.78 is 0. The fourth-order valence-electron chi connectivity index (χ4n) is 23.6. The van der Waals surface area contributed by atoms with Crippen molar-refractivity contribution in [1.29, 1.82) is 0 Å². The van der Waals surface area contributed by atoms with Gasteiger partial charge in [0.15, 0.2) is 0 Å². The van der Waals surface area contributed by atoms with Crippen molar-refractivity contribution in [2.24, 2.45) is 22.2 Å². The topological polar surface area (TPSA) is 13.0 Å². The average Bonchev–Trinajstić information content (AvgIpc) is 0.683. The van der Waals surface area contributed by atoms with Crippen LogP contribution in [0.4, 0.5) is 68.2 Å². The molecule has 0 amide bonds. The van der Waals surface area contributed by atoms with Crippen LogP contribution in [0, 0.1) is 63.7 Å². The van der Waals surface area contributed by atoms with Crippen molar-refractivity contribution in [3.63, 3.8) is 0 Å². The summed E-state index contributed by atoms with van der Waals surface area (Å²) in [4.78, 5) is 10.8. The average molecular weight is 1810 g/mol. The van der Waals surface area contributed by atoms with E-state index < -0.39 is 0 Å². The molecular formula is C134H131BN4. The fraction of sp³-hybridized carbons (Fsp3) is 0.239. The molecule has 690 valence electrons. The highest BCUT2D eigenvalue weighted by Crippen LogP contribution is 2.58. The van der Waals surface area contributed by atoms with Gasteiger partial charge in [0.1, 0.15) is 0 Å². The highest BCUT2D eigenvalue weighted by atomic mass is 15.2. The van der Waals surface area contributed by atoms with Crippen LogP contribution in [0.5, 0.6) is 0 Å². The molecule has 0 bridgehead atoms. The monoisotopic (exact) mass is 1810 g/mol. The van der Waals surface area contributed by atoms with Gasteiger partial charge in [0.25, 0.3) is 6.71 Å². The minimum atomic E-state index is -0.345. The zero-order valence-electron chi connectivity index (χ0n) is 84.7. The minimum Gasteiger partial charge on any atom is -0.310 e. The maximum absolute atomic E-state index is 2.83. The van der Waals surface area contributed by atoms with Crippen LogP contribution in [-0.2, 0) is 5.41 Å². The molecule has 14 aromatic carbocycles. The molecule has 0 fully saturated rings. The van der Waals surface area contributed by atoms with Crippen molar-refractivity contribution in [3.8, 4) is 33.4 Å². The minimum absolute atomic E-state index is 0.00285. The van der Waals surface area contributed by atoms with Crippen molar-refractivity contribution < 1.29 is 0 Å². The number of rotatable bonds is 17. The Morgan fingerprint density at radius 1 is 0.345 bits per heavy atom. The number of benzene rings is 14. The largest absolute Gasteiger partial charge is 0.310 e. The van der Waals surface area contributed by atoms with Crippen LogP contribution in [0.25, 0.3) is 66.4 Å². The first-order chi connectivity index (χ1) is 66.9. The summed E-state index contributed by atoms with van der Waals surface area (Å²) in [5.74, 6) is 0.545. The van der Waals surface area contributed by atoms with Crippen LogP contribution < -0.4 is 36.0 Å². The molecular weight excluding hydrogens is 1680 g/mol. The summed E-state index contributed by atoms with van der Waals surface area (Å²) >= 11 is 0. The number of allylic oxidation sites excluding steroid dienone is 20. The van der Waals surface area contributed by atoms with Crippen molar-refractivity contribution >= 4 is 124 Å². The predicted molar refractivity (Wildman–Crippen MR) is 601 cm³/mol. The van der Waals surface area contributed by atoms with Crippen LogP contribution in [0.1, 0.15) is 207 Å². The molecule has 5 heteroatoms. The highest BCUT2D eigenvalue weighted by molar-refractivity contribution is 7.00. The van der Waals surface area contributed by atoms with Crippen LogP contribution in [-0.4, -0.2) is 6.71 Å². The molecule has 0 aromatic heterocycles.